The van der Waals surface area contributed by atoms with E-state index in [1.165, 1.54) is 0 Å². The molecular formula is C14H18N2O2S. The Bertz CT molecular complexity index is 517. The average Bonchev–Trinajstić information content (AvgIpc) is 2.96. The molecule has 0 aromatic carbocycles. The normalized spacial score (nSPS) is 22.7. The highest BCUT2D eigenvalue weighted by molar-refractivity contribution is 7.13. The van der Waals surface area contributed by atoms with E-state index in [0.717, 1.165) is 42.3 Å². The van der Waals surface area contributed by atoms with Crippen molar-refractivity contribution >= 4 is 11.3 Å². The fourth-order valence-electron chi connectivity index (χ4n) is 2.55. The highest BCUT2D eigenvalue weighted by Gasteiger charge is 2.28. The van der Waals surface area contributed by atoms with E-state index in [2.05, 4.69) is 17.1 Å². The van der Waals surface area contributed by atoms with Gasteiger partial charge in [-0.05, 0) is 37.3 Å². The van der Waals surface area contributed by atoms with Gasteiger partial charge in [0.1, 0.15) is 0 Å². The molecule has 5 heteroatoms. The Morgan fingerprint density at radius 1 is 1.53 bits per heavy atom. The minimum Gasteiger partial charge on any atom is -0.393 e. The summed E-state index contributed by atoms with van der Waals surface area (Å²) in [7, 11) is 2.09. The zero-order chi connectivity index (χ0) is 13.2. The predicted octanol–water partition coefficient (Wildman–Crippen LogP) is 2.61. The Morgan fingerprint density at radius 3 is 3.05 bits per heavy atom. The molecule has 2 heterocycles. The third kappa shape index (κ3) is 3.05. The summed E-state index contributed by atoms with van der Waals surface area (Å²) in [5, 5.41) is 15.4. The molecule has 0 saturated heterocycles. The second-order valence-corrected chi connectivity index (χ2v) is 6.30. The minimum atomic E-state index is -0.0733. The van der Waals surface area contributed by atoms with Crippen molar-refractivity contribution < 1.29 is 9.63 Å². The standard InChI is InChI=1S/C14H18N2O2S/c1-16(8-10-5-12(17)6-10)9-11-7-13(18-15-11)14-3-2-4-19-14/h2-4,7,10,12,17H,5-6,8-9H2,1H3. The zero-order valence-electron chi connectivity index (χ0n) is 11.0. The van der Waals surface area contributed by atoms with E-state index in [1.807, 2.05) is 23.6 Å². The van der Waals surface area contributed by atoms with Crippen LogP contribution in [0.25, 0.3) is 10.6 Å². The lowest BCUT2D eigenvalue weighted by molar-refractivity contribution is 0.0271. The topological polar surface area (TPSA) is 49.5 Å². The predicted molar refractivity (Wildman–Crippen MR) is 74.9 cm³/mol. The van der Waals surface area contributed by atoms with Crippen LogP contribution >= 0.6 is 11.3 Å². The first kappa shape index (κ1) is 12.8. The highest BCUT2D eigenvalue weighted by Crippen LogP contribution is 2.28. The zero-order valence-corrected chi connectivity index (χ0v) is 11.8. The number of aliphatic hydroxyl groups excluding tert-OH is 1. The summed E-state index contributed by atoms with van der Waals surface area (Å²) >= 11 is 1.66. The minimum absolute atomic E-state index is 0.0733. The lowest BCUT2D eigenvalue weighted by Gasteiger charge is -2.34. The number of rotatable bonds is 5. The van der Waals surface area contributed by atoms with Crippen LogP contribution in [0.2, 0.25) is 0 Å². The Morgan fingerprint density at radius 2 is 2.37 bits per heavy atom. The van der Waals surface area contributed by atoms with Crippen molar-refractivity contribution in [2.24, 2.45) is 5.92 Å². The Balaban J connectivity index is 1.55. The molecule has 1 aliphatic rings. The SMILES string of the molecule is CN(Cc1cc(-c2cccs2)on1)CC1CC(O)C1. The van der Waals surface area contributed by atoms with E-state index in [0.29, 0.717) is 5.92 Å². The van der Waals surface area contributed by atoms with Gasteiger partial charge in [-0.2, -0.15) is 0 Å². The fraction of sp³-hybridized carbons (Fsp3) is 0.500. The van der Waals surface area contributed by atoms with Gasteiger partial charge in [0.15, 0.2) is 5.76 Å². The molecular weight excluding hydrogens is 260 g/mol. The van der Waals surface area contributed by atoms with Crippen LogP contribution in [0.1, 0.15) is 18.5 Å². The Labute approximate surface area is 116 Å². The maximum atomic E-state index is 9.29. The van der Waals surface area contributed by atoms with Gasteiger partial charge in [-0.25, -0.2) is 0 Å². The van der Waals surface area contributed by atoms with Crippen molar-refractivity contribution in [2.75, 3.05) is 13.6 Å². The fourth-order valence-corrected chi connectivity index (χ4v) is 3.23. The van der Waals surface area contributed by atoms with Crippen LogP contribution in [-0.4, -0.2) is 34.9 Å². The average molecular weight is 278 g/mol. The number of hydrogen-bond acceptors (Lipinski definition) is 5. The number of aromatic nitrogens is 1. The van der Waals surface area contributed by atoms with Crippen LogP contribution < -0.4 is 0 Å². The van der Waals surface area contributed by atoms with Gasteiger partial charge in [-0.1, -0.05) is 11.2 Å². The summed E-state index contributed by atoms with van der Waals surface area (Å²) < 4.78 is 5.37. The molecule has 0 radical (unpaired) electrons. The molecule has 0 atom stereocenters. The third-order valence-corrected chi connectivity index (χ3v) is 4.42. The summed E-state index contributed by atoms with van der Waals surface area (Å²) in [4.78, 5) is 3.36. The summed E-state index contributed by atoms with van der Waals surface area (Å²) in [5.74, 6) is 1.47. The van der Waals surface area contributed by atoms with Crippen LogP contribution in [0.5, 0.6) is 0 Å². The Kier molecular flexibility index (Phi) is 3.68. The Hall–Kier alpha value is -1.17. The summed E-state index contributed by atoms with van der Waals surface area (Å²) in [5.41, 5.74) is 0.964. The van der Waals surface area contributed by atoms with Crippen LogP contribution in [-0.2, 0) is 6.54 Å². The summed E-state index contributed by atoms with van der Waals surface area (Å²) in [6.45, 7) is 1.81. The van der Waals surface area contributed by atoms with E-state index in [9.17, 15) is 5.11 Å². The first-order chi connectivity index (χ1) is 9.20. The van der Waals surface area contributed by atoms with Gasteiger partial charge in [0.2, 0.25) is 0 Å². The number of aliphatic hydroxyl groups is 1. The lowest BCUT2D eigenvalue weighted by Crippen LogP contribution is -2.36. The highest BCUT2D eigenvalue weighted by atomic mass is 32.1. The monoisotopic (exact) mass is 278 g/mol. The second kappa shape index (κ2) is 5.45. The molecule has 19 heavy (non-hydrogen) atoms. The van der Waals surface area contributed by atoms with Crippen molar-refractivity contribution in [1.82, 2.24) is 10.1 Å². The summed E-state index contributed by atoms with van der Waals surface area (Å²) in [6, 6.07) is 6.06. The molecule has 3 rings (SSSR count). The number of nitrogens with zero attached hydrogens (tertiary/aromatic N) is 2. The largest absolute Gasteiger partial charge is 0.393 e. The van der Waals surface area contributed by atoms with Crippen LogP contribution in [0, 0.1) is 5.92 Å². The van der Waals surface area contributed by atoms with E-state index >= 15 is 0 Å². The van der Waals surface area contributed by atoms with Crippen molar-refractivity contribution in [3.05, 3.63) is 29.3 Å². The molecule has 0 unspecified atom stereocenters. The maximum absolute atomic E-state index is 9.29. The molecule has 1 N–H and O–H groups in total. The molecule has 4 nitrogen and oxygen atoms in total. The van der Waals surface area contributed by atoms with Crippen LogP contribution in [0.4, 0.5) is 0 Å². The van der Waals surface area contributed by atoms with Crippen LogP contribution in [0.3, 0.4) is 0 Å². The molecule has 2 aromatic heterocycles. The molecule has 2 aromatic rings. The van der Waals surface area contributed by atoms with Gasteiger partial charge in [0, 0.05) is 19.2 Å². The number of hydrogen-bond donors (Lipinski definition) is 1. The van der Waals surface area contributed by atoms with Crippen LogP contribution in [0.15, 0.2) is 28.1 Å². The van der Waals surface area contributed by atoms with Gasteiger partial charge in [-0.15, -0.1) is 11.3 Å². The molecule has 1 saturated carbocycles. The molecule has 102 valence electrons. The first-order valence-corrected chi connectivity index (χ1v) is 7.45. The van der Waals surface area contributed by atoms with Gasteiger partial charge in [0.25, 0.3) is 0 Å². The summed E-state index contributed by atoms with van der Waals surface area (Å²) in [6.07, 6.45) is 1.79. The smallest absolute Gasteiger partial charge is 0.177 e. The van der Waals surface area contributed by atoms with Gasteiger partial charge in [-0.3, -0.25) is 0 Å². The van der Waals surface area contributed by atoms with E-state index in [4.69, 9.17) is 4.52 Å². The van der Waals surface area contributed by atoms with E-state index in [-0.39, 0.29) is 6.10 Å². The molecule has 0 bridgehead atoms. The number of thiophene rings is 1. The maximum Gasteiger partial charge on any atom is 0.177 e. The van der Waals surface area contributed by atoms with Crippen molar-refractivity contribution in [3.8, 4) is 10.6 Å². The third-order valence-electron chi connectivity index (χ3n) is 3.54. The van der Waals surface area contributed by atoms with Crippen molar-refractivity contribution in [1.29, 1.82) is 0 Å². The van der Waals surface area contributed by atoms with Crippen molar-refractivity contribution in [3.63, 3.8) is 0 Å². The van der Waals surface area contributed by atoms with Gasteiger partial charge < -0.3 is 14.5 Å². The quantitative estimate of drug-likeness (QED) is 0.913. The van der Waals surface area contributed by atoms with E-state index in [1.54, 1.807) is 11.3 Å². The molecule has 1 fully saturated rings. The van der Waals surface area contributed by atoms with Crippen molar-refractivity contribution in [2.45, 2.75) is 25.5 Å². The molecule has 1 aliphatic carbocycles. The van der Waals surface area contributed by atoms with Gasteiger partial charge >= 0.3 is 0 Å². The lowest BCUT2D eigenvalue weighted by atomic mass is 9.82. The second-order valence-electron chi connectivity index (χ2n) is 5.35. The van der Waals surface area contributed by atoms with E-state index < -0.39 is 0 Å². The molecule has 0 aliphatic heterocycles. The van der Waals surface area contributed by atoms with Gasteiger partial charge in [0.05, 0.1) is 16.7 Å². The molecule has 0 spiro atoms. The first-order valence-electron chi connectivity index (χ1n) is 6.57. The molecule has 0 amide bonds.